The van der Waals surface area contributed by atoms with Crippen LogP contribution >= 0.6 is 27.3 Å². The van der Waals surface area contributed by atoms with Gasteiger partial charge in [-0.05, 0) is 28.4 Å². The monoisotopic (exact) mass is 283 g/mol. The van der Waals surface area contributed by atoms with Crippen molar-refractivity contribution in [2.75, 3.05) is 5.73 Å². The van der Waals surface area contributed by atoms with Gasteiger partial charge in [-0.3, -0.25) is 0 Å². The molecule has 0 fully saturated rings. The molecule has 2 aromatic heterocycles. The van der Waals surface area contributed by atoms with Crippen molar-refractivity contribution in [2.24, 2.45) is 0 Å². The molecule has 0 aliphatic heterocycles. The second-order valence-electron chi connectivity index (χ2n) is 3.09. The van der Waals surface area contributed by atoms with Crippen LogP contribution in [0.3, 0.4) is 0 Å². The van der Waals surface area contributed by atoms with E-state index < -0.39 is 0 Å². The fourth-order valence-corrected chi connectivity index (χ4v) is 2.60. The third-order valence-electron chi connectivity index (χ3n) is 1.95. The van der Waals surface area contributed by atoms with Crippen molar-refractivity contribution in [3.05, 3.63) is 27.7 Å². The molecule has 3 nitrogen and oxygen atoms in total. The van der Waals surface area contributed by atoms with E-state index in [2.05, 4.69) is 32.8 Å². The van der Waals surface area contributed by atoms with E-state index in [1.807, 2.05) is 17.5 Å². The number of rotatable bonds is 2. The predicted octanol–water partition coefficient (Wildman–Crippen LogP) is 3.11. The molecule has 0 saturated carbocycles. The number of hydrogen-bond donors (Lipinski definition) is 1. The van der Waals surface area contributed by atoms with Crippen molar-refractivity contribution in [2.45, 2.75) is 13.3 Å². The van der Waals surface area contributed by atoms with E-state index in [9.17, 15) is 0 Å². The zero-order valence-corrected chi connectivity index (χ0v) is 10.6. The summed E-state index contributed by atoms with van der Waals surface area (Å²) in [6.45, 7) is 2.05. The number of nitrogens with two attached hydrogens (primary N) is 1. The molecule has 0 amide bonds. The van der Waals surface area contributed by atoms with Gasteiger partial charge in [-0.15, -0.1) is 11.3 Å². The molecule has 0 bridgehead atoms. The number of halogens is 1. The van der Waals surface area contributed by atoms with Gasteiger partial charge in [-0.1, -0.05) is 6.92 Å². The van der Waals surface area contributed by atoms with Gasteiger partial charge in [-0.25, -0.2) is 9.97 Å². The van der Waals surface area contributed by atoms with Gasteiger partial charge in [0.1, 0.15) is 5.82 Å². The van der Waals surface area contributed by atoms with Crippen molar-refractivity contribution >= 4 is 33.1 Å². The van der Waals surface area contributed by atoms with Crippen LogP contribution in [0.25, 0.3) is 10.7 Å². The van der Waals surface area contributed by atoms with Gasteiger partial charge in [0.2, 0.25) is 0 Å². The quantitative estimate of drug-likeness (QED) is 0.921. The number of aryl methyl sites for hydroxylation is 1. The number of aromatic nitrogens is 2. The first-order chi connectivity index (χ1) is 7.19. The number of thiophene rings is 1. The van der Waals surface area contributed by atoms with Crippen molar-refractivity contribution < 1.29 is 0 Å². The van der Waals surface area contributed by atoms with E-state index >= 15 is 0 Å². The van der Waals surface area contributed by atoms with Crippen LogP contribution in [0.2, 0.25) is 0 Å². The van der Waals surface area contributed by atoms with Gasteiger partial charge >= 0.3 is 0 Å². The average Bonchev–Trinajstić information content (AvgIpc) is 2.64. The largest absolute Gasteiger partial charge is 0.384 e. The third-order valence-corrected chi connectivity index (χ3v) is 3.64. The Kier molecular flexibility index (Phi) is 3.02. The van der Waals surface area contributed by atoms with Gasteiger partial charge in [0.15, 0.2) is 5.82 Å². The van der Waals surface area contributed by atoms with E-state index in [4.69, 9.17) is 5.73 Å². The molecule has 0 aromatic carbocycles. The predicted molar refractivity (Wildman–Crippen MR) is 66.8 cm³/mol. The van der Waals surface area contributed by atoms with Crippen LogP contribution in [0.15, 0.2) is 22.0 Å². The lowest BCUT2D eigenvalue weighted by Gasteiger charge is -2.01. The topological polar surface area (TPSA) is 51.8 Å². The Bertz CT molecular complexity index is 481. The highest BCUT2D eigenvalue weighted by atomic mass is 79.9. The molecule has 0 radical (unpaired) electrons. The number of nitrogen functional groups attached to an aromatic ring is 1. The van der Waals surface area contributed by atoms with Crippen LogP contribution in [0.1, 0.15) is 12.6 Å². The maximum Gasteiger partial charge on any atom is 0.171 e. The lowest BCUT2D eigenvalue weighted by molar-refractivity contribution is 1.01. The Morgan fingerprint density at radius 2 is 2.20 bits per heavy atom. The van der Waals surface area contributed by atoms with Crippen molar-refractivity contribution in [3.63, 3.8) is 0 Å². The Labute approximate surface area is 101 Å². The minimum absolute atomic E-state index is 0.529. The summed E-state index contributed by atoms with van der Waals surface area (Å²) in [5, 5.41) is 2.01. The van der Waals surface area contributed by atoms with E-state index in [-0.39, 0.29) is 0 Å². The van der Waals surface area contributed by atoms with Gasteiger partial charge in [0, 0.05) is 21.6 Å². The van der Waals surface area contributed by atoms with Crippen LogP contribution in [-0.4, -0.2) is 9.97 Å². The molecule has 15 heavy (non-hydrogen) atoms. The van der Waals surface area contributed by atoms with E-state index in [0.29, 0.717) is 11.6 Å². The van der Waals surface area contributed by atoms with Crippen LogP contribution in [0.4, 0.5) is 5.82 Å². The summed E-state index contributed by atoms with van der Waals surface area (Å²) >= 11 is 5.01. The fraction of sp³-hybridized carbons (Fsp3) is 0.200. The van der Waals surface area contributed by atoms with Gasteiger partial charge in [0.05, 0.1) is 4.88 Å². The highest BCUT2D eigenvalue weighted by molar-refractivity contribution is 9.10. The fourth-order valence-electron chi connectivity index (χ4n) is 1.24. The molecular weight excluding hydrogens is 274 g/mol. The smallest absolute Gasteiger partial charge is 0.171 e. The molecular formula is C10H10BrN3S. The first kappa shape index (κ1) is 10.6. The zero-order valence-electron chi connectivity index (χ0n) is 8.20. The molecule has 0 aliphatic rings. The third kappa shape index (κ3) is 2.35. The van der Waals surface area contributed by atoms with Crippen LogP contribution in [0, 0.1) is 0 Å². The second kappa shape index (κ2) is 4.28. The number of anilines is 1. The summed E-state index contributed by atoms with van der Waals surface area (Å²) < 4.78 is 1.05. The number of hydrogen-bond acceptors (Lipinski definition) is 4. The van der Waals surface area contributed by atoms with Crippen LogP contribution < -0.4 is 5.73 Å². The van der Waals surface area contributed by atoms with Gasteiger partial charge in [-0.2, -0.15) is 0 Å². The van der Waals surface area contributed by atoms with Gasteiger partial charge in [0.25, 0.3) is 0 Å². The average molecular weight is 284 g/mol. The molecule has 2 rings (SSSR count). The second-order valence-corrected chi connectivity index (χ2v) is 4.92. The molecule has 0 saturated heterocycles. The first-order valence-corrected chi connectivity index (χ1v) is 6.24. The highest BCUT2D eigenvalue weighted by Gasteiger charge is 2.06. The molecule has 0 atom stereocenters. The molecule has 2 N–H and O–H groups in total. The summed E-state index contributed by atoms with van der Waals surface area (Å²) in [7, 11) is 0. The van der Waals surface area contributed by atoms with Crippen LogP contribution in [0.5, 0.6) is 0 Å². The Morgan fingerprint density at radius 1 is 1.40 bits per heavy atom. The standard InChI is InChI=1S/C10H10BrN3S/c1-2-7-4-9(12)14-10(13-7)8-3-6(11)5-15-8/h3-5H,2H2,1H3,(H2,12,13,14). The maximum atomic E-state index is 5.72. The summed E-state index contributed by atoms with van der Waals surface area (Å²) in [6.07, 6.45) is 0.867. The molecule has 78 valence electrons. The molecule has 2 heterocycles. The summed E-state index contributed by atoms with van der Waals surface area (Å²) in [5.74, 6) is 1.24. The Morgan fingerprint density at radius 3 is 2.80 bits per heavy atom. The Balaban J connectivity index is 2.48. The molecule has 2 aromatic rings. The first-order valence-electron chi connectivity index (χ1n) is 4.57. The summed E-state index contributed by atoms with van der Waals surface area (Å²) in [4.78, 5) is 9.69. The lowest BCUT2D eigenvalue weighted by atomic mass is 10.3. The lowest BCUT2D eigenvalue weighted by Crippen LogP contribution is -1.98. The van der Waals surface area contributed by atoms with E-state index in [1.54, 1.807) is 11.3 Å². The minimum atomic E-state index is 0.529. The summed E-state index contributed by atoms with van der Waals surface area (Å²) in [5.41, 5.74) is 6.70. The van der Waals surface area contributed by atoms with Crippen molar-refractivity contribution in [1.29, 1.82) is 0 Å². The SMILES string of the molecule is CCc1cc(N)nc(-c2cc(Br)cs2)n1. The van der Waals surface area contributed by atoms with Gasteiger partial charge < -0.3 is 5.73 Å². The van der Waals surface area contributed by atoms with Crippen LogP contribution in [-0.2, 0) is 6.42 Å². The van der Waals surface area contributed by atoms with E-state index in [1.165, 1.54) is 0 Å². The van der Waals surface area contributed by atoms with Crippen molar-refractivity contribution in [1.82, 2.24) is 9.97 Å². The summed E-state index contributed by atoms with van der Waals surface area (Å²) in [6, 6.07) is 3.81. The zero-order chi connectivity index (χ0) is 10.8. The molecule has 0 aliphatic carbocycles. The minimum Gasteiger partial charge on any atom is -0.384 e. The Hall–Kier alpha value is -0.940. The molecule has 0 unspecified atom stereocenters. The molecule has 5 heteroatoms. The van der Waals surface area contributed by atoms with E-state index in [0.717, 1.165) is 21.5 Å². The maximum absolute atomic E-state index is 5.72. The number of nitrogens with zero attached hydrogens (tertiary/aromatic N) is 2. The normalized spacial score (nSPS) is 10.5. The highest BCUT2D eigenvalue weighted by Crippen LogP contribution is 2.28. The van der Waals surface area contributed by atoms with Crippen molar-refractivity contribution in [3.8, 4) is 10.7 Å². The molecule has 0 spiro atoms.